The third-order valence-corrected chi connectivity index (χ3v) is 5.71. The van der Waals surface area contributed by atoms with Crippen molar-refractivity contribution in [1.29, 1.82) is 0 Å². The first-order valence-corrected chi connectivity index (χ1v) is 9.63. The van der Waals surface area contributed by atoms with Crippen LogP contribution in [0, 0.1) is 5.92 Å². The Morgan fingerprint density at radius 2 is 1.84 bits per heavy atom. The summed E-state index contributed by atoms with van der Waals surface area (Å²) in [5.74, 6) is 1.63. The molecule has 2 aromatic rings. The van der Waals surface area contributed by atoms with Crippen LogP contribution < -0.4 is 4.90 Å². The fourth-order valence-corrected chi connectivity index (χ4v) is 3.99. The van der Waals surface area contributed by atoms with Crippen molar-refractivity contribution < 1.29 is 0 Å². The van der Waals surface area contributed by atoms with Gasteiger partial charge < -0.3 is 4.90 Å². The van der Waals surface area contributed by atoms with Crippen LogP contribution in [0.2, 0.25) is 5.15 Å². The molecule has 0 unspecified atom stereocenters. The lowest BCUT2D eigenvalue weighted by Crippen LogP contribution is -2.36. The second-order valence-corrected chi connectivity index (χ2v) is 7.71. The number of aromatic nitrogens is 2. The van der Waals surface area contributed by atoms with E-state index in [1.165, 1.54) is 18.4 Å². The van der Waals surface area contributed by atoms with Crippen LogP contribution in [-0.2, 0) is 19.5 Å². The first-order chi connectivity index (χ1) is 12.2. The van der Waals surface area contributed by atoms with E-state index in [1.54, 1.807) is 0 Å². The fourth-order valence-electron chi connectivity index (χ4n) is 3.74. The van der Waals surface area contributed by atoms with Crippen LogP contribution in [0.4, 0.5) is 5.95 Å². The van der Waals surface area contributed by atoms with Gasteiger partial charge >= 0.3 is 0 Å². The molecule has 3 heterocycles. The van der Waals surface area contributed by atoms with Crippen molar-refractivity contribution in [2.24, 2.45) is 5.92 Å². The number of fused-ring (bicyclic) bond motifs is 1. The Labute approximate surface area is 154 Å². The van der Waals surface area contributed by atoms with Crippen LogP contribution in [0.5, 0.6) is 0 Å². The van der Waals surface area contributed by atoms with Crippen LogP contribution in [0.25, 0.3) is 0 Å². The largest absolute Gasteiger partial charge is 0.341 e. The van der Waals surface area contributed by atoms with E-state index in [0.29, 0.717) is 5.15 Å². The standard InChI is InChI=1S/C20H25ClN4/c1-15-7-11-25(12-8-15)20-22-18-9-10-24(14-17(18)19(21)23-20)13-16-5-3-2-4-6-16/h2-6,15H,7-14H2,1H3. The summed E-state index contributed by atoms with van der Waals surface area (Å²) in [5.41, 5.74) is 3.58. The highest BCUT2D eigenvalue weighted by molar-refractivity contribution is 6.30. The first-order valence-electron chi connectivity index (χ1n) is 9.25. The molecule has 1 saturated heterocycles. The van der Waals surface area contributed by atoms with Gasteiger partial charge in [0.25, 0.3) is 0 Å². The summed E-state index contributed by atoms with van der Waals surface area (Å²) in [7, 11) is 0. The average molecular weight is 357 g/mol. The van der Waals surface area contributed by atoms with Gasteiger partial charge in [-0.15, -0.1) is 0 Å². The molecule has 5 heteroatoms. The van der Waals surface area contributed by atoms with Gasteiger partial charge in [0, 0.05) is 44.7 Å². The molecule has 0 aliphatic carbocycles. The van der Waals surface area contributed by atoms with E-state index in [1.807, 2.05) is 0 Å². The van der Waals surface area contributed by atoms with E-state index in [4.69, 9.17) is 16.6 Å². The summed E-state index contributed by atoms with van der Waals surface area (Å²) in [6.45, 7) is 7.20. The van der Waals surface area contributed by atoms with E-state index >= 15 is 0 Å². The van der Waals surface area contributed by atoms with Gasteiger partial charge in [0.1, 0.15) is 5.15 Å². The zero-order chi connectivity index (χ0) is 17.2. The summed E-state index contributed by atoms with van der Waals surface area (Å²) < 4.78 is 0. The molecule has 0 N–H and O–H groups in total. The summed E-state index contributed by atoms with van der Waals surface area (Å²) in [5, 5.41) is 0.636. The quantitative estimate of drug-likeness (QED) is 0.780. The minimum atomic E-state index is 0.636. The smallest absolute Gasteiger partial charge is 0.227 e. The van der Waals surface area contributed by atoms with Gasteiger partial charge in [-0.05, 0) is 24.3 Å². The molecule has 2 aliphatic heterocycles. The Bertz CT molecular complexity index is 726. The van der Waals surface area contributed by atoms with Crippen molar-refractivity contribution in [2.45, 2.75) is 39.3 Å². The van der Waals surface area contributed by atoms with E-state index < -0.39 is 0 Å². The highest BCUT2D eigenvalue weighted by Crippen LogP contribution is 2.28. The van der Waals surface area contributed by atoms with E-state index in [-0.39, 0.29) is 0 Å². The lowest BCUT2D eigenvalue weighted by molar-refractivity contribution is 0.243. The summed E-state index contributed by atoms with van der Waals surface area (Å²) >= 11 is 6.56. The van der Waals surface area contributed by atoms with Crippen LogP contribution in [-0.4, -0.2) is 34.5 Å². The number of rotatable bonds is 3. The topological polar surface area (TPSA) is 32.3 Å². The molecule has 0 atom stereocenters. The average Bonchev–Trinajstić information content (AvgIpc) is 2.63. The van der Waals surface area contributed by atoms with Crippen LogP contribution in [0.15, 0.2) is 30.3 Å². The van der Waals surface area contributed by atoms with Gasteiger partial charge in [0.05, 0.1) is 5.69 Å². The van der Waals surface area contributed by atoms with Crippen molar-refractivity contribution >= 4 is 17.5 Å². The van der Waals surface area contributed by atoms with Crippen molar-refractivity contribution in [3.05, 3.63) is 52.3 Å². The molecule has 4 rings (SSSR count). The van der Waals surface area contributed by atoms with Crippen LogP contribution in [0.1, 0.15) is 36.6 Å². The van der Waals surface area contributed by atoms with Gasteiger partial charge in [-0.25, -0.2) is 9.97 Å². The Morgan fingerprint density at radius 1 is 1.08 bits per heavy atom. The van der Waals surface area contributed by atoms with E-state index in [0.717, 1.165) is 62.3 Å². The Hall–Kier alpha value is -1.65. The molecule has 25 heavy (non-hydrogen) atoms. The minimum absolute atomic E-state index is 0.636. The molecule has 132 valence electrons. The second-order valence-electron chi connectivity index (χ2n) is 7.36. The number of hydrogen-bond acceptors (Lipinski definition) is 4. The maximum atomic E-state index is 6.56. The number of hydrogen-bond donors (Lipinski definition) is 0. The first kappa shape index (κ1) is 16.8. The van der Waals surface area contributed by atoms with Crippen LogP contribution >= 0.6 is 11.6 Å². The predicted octanol–water partition coefficient (Wildman–Crippen LogP) is 3.92. The lowest BCUT2D eigenvalue weighted by atomic mass is 9.99. The summed E-state index contributed by atoms with van der Waals surface area (Å²) in [4.78, 5) is 14.2. The fraction of sp³-hybridized carbons (Fsp3) is 0.500. The molecule has 1 aromatic heterocycles. The van der Waals surface area contributed by atoms with Gasteiger partial charge in [0.15, 0.2) is 0 Å². The number of benzene rings is 1. The van der Waals surface area contributed by atoms with Crippen molar-refractivity contribution in [3.63, 3.8) is 0 Å². The molecular weight excluding hydrogens is 332 g/mol. The number of nitrogens with zero attached hydrogens (tertiary/aromatic N) is 4. The molecule has 0 radical (unpaired) electrons. The van der Waals surface area contributed by atoms with E-state index in [9.17, 15) is 0 Å². The van der Waals surface area contributed by atoms with Crippen molar-refractivity contribution in [1.82, 2.24) is 14.9 Å². The predicted molar refractivity (Wildman–Crippen MR) is 102 cm³/mol. The molecule has 1 aromatic carbocycles. The molecular formula is C20H25ClN4. The maximum absolute atomic E-state index is 6.56. The highest BCUT2D eigenvalue weighted by atomic mass is 35.5. The number of piperidine rings is 1. The molecule has 0 saturated carbocycles. The van der Waals surface area contributed by atoms with Crippen LogP contribution in [0.3, 0.4) is 0 Å². The monoisotopic (exact) mass is 356 g/mol. The SMILES string of the molecule is CC1CCN(c2nc(Cl)c3c(n2)CCN(Cc2ccccc2)C3)CC1. The van der Waals surface area contributed by atoms with Crippen molar-refractivity contribution in [2.75, 3.05) is 24.5 Å². The minimum Gasteiger partial charge on any atom is -0.341 e. The number of halogens is 1. The summed E-state index contributed by atoms with van der Waals surface area (Å²) in [6.07, 6.45) is 3.37. The zero-order valence-corrected chi connectivity index (χ0v) is 15.5. The summed E-state index contributed by atoms with van der Waals surface area (Å²) in [6, 6.07) is 10.6. The highest BCUT2D eigenvalue weighted by Gasteiger charge is 2.25. The zero-order valence-electron chi connectivity index (χ0n) is 14.8. The second kappa shape index (κ2) is 7.30. The normalized spacial score (nSPS) is 19.0. The lowest BCUT2D eigenvalue weighted by Gasteiger charge is -2.32. The molecule has 1 fully saturated rings. The molecule has 0 spiro atoms. The van der Waals surface area contributed by atoms with Gasteiger partial charge in [-0.1, -0.05) is 48.9 Å². The van der Waals surface area contributed by atoms with Gasteiger partial charge in [-0.2, -0.15) is 0 Å². The molecule has 4 nitrogen and oxygen atoms in total. The third kappa shape index (κ3) is 3.80. The Morgan fingerprint density at radius 3 is 2.60 bits per heavy atom. The Balaban J connectivity index is 1.49. The van der Waals surface area contributed by atoms with Gasteiger partial charge in [0.2, 0.25) is 5.95 Å². The van der Waals surface area contributed by atoms with E-state index in [2.05, 4.69) is 52.0 Å². The molecule has 2 aliphatic rings. The molecule has 0 amide bonds. The third-order valence-electron chi connectivity index (χ3n) is 5.39. The maximum Gasteiger partial charge on any atom is 0.227 e. The number of anilines is 1. The molecule has 0 bridgehead atoms. The Kier molecular flexibility index (Phi) is 4.91. The van der Waals surface area contributed by atoms with Crippen molar-refractivity contribution in [3.8, 4) is 0 Å². The van der Waals surface area contributed by atoms with Gasteiger partial charge in [-0.3, -0.25) is 4.90 Å².